The molecule has 0 aliphatic carbocycles. The third kappa shape index (κ3) is 3.38. The fraction of sp³-hybridized carbons (Fsp3) is 0.133. The number of carbonyl (C=O) groups is 1. The Morgan fingerprint density at radius 1 is 1.19 bits per heavy atom. The summed E-state index contributed by atoms with van der Waals surface area (Å²) in [5.41, 5.74) is 2.38. The van der Waals surface area contributed by atoms with Crippen molar-refractivity contribution in [2.45, 2.75) is 13.8 Å². The second kappa shape index (κ2) is 5.93. The van der Waals surface area contributed by atoms with Crippen molar-refractivity contribution in [1.29, 1.82) is 0 Å². The van der Waals surface area contributed by atoms with Gasteiger partial charge in [-0.25, -0.2) is 0 Å². The van der Waals surface area contributed by atoms with Gasteiger partial charge >= 0.3 is 0 Å². The molecule has 0 aliphatic rings. The average Bonchev–Trinajstić information content (AvgIpc) is 2.43. The third-order valence-corrected chi connectivity index (χ3v) is 3.38. The van der Waals surface area contributed by atoms with Crippen molar-refractivity contribution in [3.8, 4) is 0 Å². The molecular weight excluding hydrogens is 292 g/mol. The molecule has 6 heteroatoms. The SMILES string of the molecule is Cc1ccc(C)c(C(=O)Nc2cc([N+](=O)[O-])ccc2Cl)c1. The molecule has 0 fully saturated rings. The Kier molecular flexibility index (Phi) is 4.23. The Morgan fingerprint density at radius 2 is 1.90 bits per heavy atom. The van der Waals surface area contributed by atoms with E-state index in [0.717, 1.165) is 11.1 Å². The summed E-state index contributed by atoms with van der Waals surface area (Å²) in [5.74, 6) is -0.349. The maximum atomic E-state index is 12.3. The topological polar surface area (TPSA) is 72.2 Å². The lowest BCUT2D eigenvalue weighted by Gasteiger charge is -2.10. The van der Waals surface area contributed by atoms with Crippen LogP contribution in [0.1, 0.15) is 21.5 Å². The van der Waals surface area contributed by atoms with E-state index in [1.54, 1.807) is 6.07 Å². The van der Waals surface area contributed by atoms with Crippen LogP contribution in [0.25, 0.3) is 0 Å². The maximum Gasteiger partial charge on any atom is 0.271 e. The Morgan fingerprint density at radius 3 is 2.57 bits per heavy atom. The fourth-order valence-corrected chi connectivity index (χ4v) is 2.06. The normalized spacial score (nSPS) is 10.2. The van der Waals surface area contributed by atoms with Crippen LogP contribution in [0.15, 0.2) is 36.4 Å². The van der Waals surface area contributed by atoms with Crippen LogP contribution in [0.4, 0.5) is 11.4 Å². The molecule has 0 atom stereocenters. The number of amides is 1. The number of anilines is 1. The van der Waals surface area contributed by atoms with E-state index < -0.39 is 4.92 Å². The molecular formula is C15H13ClN2O3. The molecule has 0 aromatic heterocycles. The van der Waals surface area contributed by atoms with Gasteiger partial charge in [0.1, 0.15) is 0 Å². The van der Waals surface area contributed by atoms with Crippen molar-refractivity contribution in [3.63, 3.8) is 0 Å². The second-order valence-corrected chi connectivity index (χ2v) is 5.10. The van der Waals surface area contributed by atoms with Crippen LogP contribution in [0.5, 0.6) is 0 Å². The Labute approximate surface area is 126 Å². The van der Waals surface area contributed by atoms with Gasteiger partial charge in [-0.1, -0.05) is 29.3 Å². The number of benzene rings is 2. The number of non-ortho nitro benzene ring substituents is 1. The highest BCUT2D eigenvalue weighted by Gasteiger charge is 2.14. The van der Waals surface area contributed by atoms with E-state index in [9.17, 15) is 14.9 Å². The second-order valence-electron chi connectivity index (χ2n) is 4.69. The lowest BCUT2D eigenvalue weighted by molar-refractivity contribution is -0.384. The van der Waals surface area contributed by atoms with Crippen LogP contribution in [0.2, 0.25) is 5.02 Å². The summed E-state index contributed by atoms with van der Waals surface area (Å²) in [4.78, 5) is 22.5. The highest BCUT2D eigenvalue weighted by Crippen LogP contribution is 2.27. The molecule has 0 saturated heterocycles. The summed E-state index contributed by atoms with van der Waals surface area (Å²) in [6.07, 6.45) is 0. The number of aryl methyl sites for hydroxylation is 2. The quantitative estimate of drug-likeness (QED) is 0.685. The molecule has 1 N–H and O–H groups in total. The molecule has 108 valence electrons. The van der Waals surface area contributed by atoms with Gasteiger partial charge in [0.15, 0.2) is 0 Å². The summed E-state index contributed by atoms with van der Waals surface area (Å²) >= 11 is 5.97. The van der Waals surface area contributed by atoms with Gasteiger partial charge in [0.25, 0.3) is 11.6 Å². The minimum Gasteiger partial charge on any atom is -0.320 e. The molecule has 0 aliphatic heterocycles. The number of nitro benzene ring substituents is 1. The number of nitrogens with zero attached hydrogens (tertiary/aromatic N) is 1. The van der Waals surface area contributed by atoms with E-state index in [-0.39, 0.29) is 22.3 Å². The van der Waals surface area contributed by atoms with Gasteiger partial charge in [-0.3, -0.25) is 14.9 Å². The first kappa shape index (κ1) is 15.0. The van der Waals surface area contributed by atoms with E-state index in [0.29, 0.717) is 5.56 Å². The number of nitrogens with one attached hydrogen (secondary N) is 1. The highest BCUT2D eigenvalue weighted by molar-refractivity contribution is 6.34. The van der Waals surface area contributed by atoms with Crippen molar-refractivity contribution in [2.24, 2.45) is 0 Å². The molecule has 2 rings (SSSR count). The Balaban J connectivity index is 2.33. The van der Waals surface area contributed by atoms with Crippen LogP contribution >= 0.6 is 11.6 Å². The molecule has 0 heterocycles. The minimum absolute atomic E-state index is 0.129. The van der Waals surface area contributed by atoms with E-state index >= 15 is 0 Å². The molecule has 5 nitrogen and oxygen atoms in total. The highest BCUT2D eigenvalue weighted by atomic mass is 35.5. The number of hydrogen-bond donors (Lipinski definition) is 1. The van der Waals surface area contributed by atoms with Crippen molar-refractivity contribution >= 4 is 28.9 Å². The monoisotopic (exact) mass is 304 g/mol. The van der Waals surface area contributed by atoms with Crippen molar-refractivity contribution in [3.05, 3.63) is 68.2 Å². The molecule has 0 spiro atoms. The molecule has 21 heavy (non-hydrogen) atoms. The third-order valence-electron chi connectivity index (χ3n) is 3.05. The predicted octanol–water partition coefficient (Wildman–Crippen LogP) is 4.12. The molecule has 2 aromatic carbocycles. The number of rotatable bonds is 3. The van der Waals surface area contributed by atoms with Crippen LogP contribution in [-0.4, -0.2) is 10.8 Å². The summed E-state index contributed by atoms with van der Waals surface area (Å²) in [5, 5.41) is 13.6. The van der Waals surface area contributed by atoms with Crippen molar-refractivity contribution in [2.75, 3.05) is 5.32 Å². The van der Waals surface area contributed by atoms with E-state index in [1.807, 2.05) is 26.0 Å². The maximum absolute atomic E-state index is 12.3. The van der Waals surface area contributed by atoms with Gasteiger partial charge in [-0.05, 0) is 31.5 Å². The zero-order valence-corrected chi connectivity index (χ0v) is 12.3. The number of halogens is 1. The largest absolute Gasteiger partial charge is 0.320 e. The number of carbonyl (C=O) groups excluding carboxylic acids is 1. The summed E-state index contributed by atoms with van der Waals surface area (Å²) in [6.45, 7) is 3.71. The molecule has 0 radical (unpaired) electrons. The number of nitro groups is 1. The molecule has 0 unspecified atom stereocenters. The molecule has 2 aromatic rings. The van der Waals surface area contributed by atoms with Crippen molar-refractivity contribution < 1.29 is 9.72 Å². The zero-order chi connectivity index (χ0) is 15.6. The van der Waals surface area contributed by atoms with Crippen LogP contribution in [0.3, 0.4) is 0 Å². The summed E-state index contributed by atoms with van der Waals surface area (Å²) < 4.78 is 0. The van der Waals surface area contributed by atoms with Gasteiger partial charge in [0, 0.05) is 17.7 Å². The summed E-state index contributed by atoms with van der Waals surface area (Å²) in [7, 11) is 0. The molecule has 0 saturated carbocycles. The Hall–Kier alpha value is -2.40. The smallest absolute Gasteiger partial charge is 0.271 e. The van der Waals surface area contributed by atoms with E-state index in [2.05, 4.69) is 5.32 Å². The average molecular weight is 305 g/mol. The predicted molar refractivity (Wildman–Crippen MR) is 82.0 cm³/mol. The lowest BCUT2D eigenvalue weighted by atomic mass is 10.0. The van der Waals surface area contributed by atoms with Gasteiger partial charge < -0.3 is 5.32 Å². The standard InChI is InChI=1S/C15H13ClN2O3/c1-9-3-4-10(2)12(7-9)15(19)17-14-8-11(18(20)21)5-6-13(14)16/h3-8H,1-2H3,(H,17,19). The first-order chi connectivity index (χ1) is 9.88. The molecule has 0 bridgehead atoms. The summed E-state index contributed by atoms with van der Waals surface area (Å²) in [6, 6.07) is 9.43. The van der Waals surface area contributed by atoms with Gasteiger partial charge in [0.05, 0.1) is 15.6 Å². The van der Waals surface area contributed by atoms with Gasteiger partial charge in [-0.2, -0.15) is 0 Å². The van der Waals surface area contributed by atoms with Crippen LogP contribution in [0, 0.1) is 24.0 Å². The Bertz CT molecular complexity index is 729. The van der Waals surface area contributed by atoms with E-state index in [1.165, 1.54) is 18.2 Å². The lowest BCUT2D eigenvalue weighted by Crippen LogP contribution is -2.14. The first-order valence-corrected chi connectivity index (χ1v) is 6.59. The van der Waals surface area contributed by atoms with E-state index in [4.69, 9.17) is 11.6 Å². The van der Waals surface area contributed by atoms with Gasteiger partial charge in [-0.15, -0.1) is 0 Å². The molecule has 1 amide bonds. The first-order valence-electron chi connectivity index (χ1n) is 6.21. The van der Waals surface area contributed by atoms with Crippen LogP contribution < -0.4 is 5.32 Å². The van der Waals surface area contributed by atoms with Crippen LogP contribution in [-0.2, 0) is 0 Å². The number of hydrogen-bond acceptors (Lipinski definition) is 3. The fourth-order valence-electron chi connectivity index (χ4n) is 1.89. The van der Waals surface area contributed by atoms with Crippen molar-refractivity contribution in [1.82, 2.24) is 0 Å². The van der Waals surface area contributed by atoms with Gasteiger partial charge in [0.2, 0.25) is 0 Å². The zero-order valence-electron chi connectivity index (χ0n) is 11.5. The minimum atomic E-state index is -0.538.